The highest BCUT2D eigenvalue weighted by Crippen LogP contribution is 2.15. The van der Waals surface area contributed by atoms with Crippen LogP contribution in [-0.2, 0) is 6.42 Å². The maximum atomic E-state index is 9.04. The lowest BCUT2D eigenvalue weighted by atomic mass is 10.1. The summed E-state index contributed by atoms with van der Waals surface area (Å²) < 4.78 is 0. The summed E-state index contributed by atoms with van der Waals surface area (Å²) in [6, 6.07) is 7.43. The third-order valence-corrected chi connectivity index (χ3v) is 2.83. The minimum absolute atomic E-state index is 0.343. The molecule has 0 amide bonds. The summed E-state index contributed by atoms with van der Waals surface area (Å²) in [5, 5.41) is 9.69. The highest BCUT2D eigenvalue weighted by atomic mass is 32.2. The van der Waals surface area contributed by atoms with Crippen molar-refractivity contribution >= 4 is 11.8 Å². The van der Waals surface area contributed by atoms with Gasteiger partial charge in [-0.1, -0.05) is 19.1 Å². The fraction of sp³-hybridized carbons (Fsp3) is 0.400. The molecule has 1 rings (SSSR count). The molecule has 1 aromatic rings. The molecule has 0 bridgehead atoms. The Labute approximate surface area is 77.8 Å². The van der Waals surface area contributed by atoms with Gasteiger partial charge in [0, 0.05) is 5.25 Å². The van der Waals surface area contributed by atoms with Crippen LogP contribution in [-0.4, -0.2) is 16.6 Å². The van der Waals surface area contributed by atoms with Crippen LogP contribution in [0, 0.1) is 0 Å². The fourth-order valence-corrected chi connectivity index (χ4v) is 1.41. The van der Waals surface area contributed by atoms with Crippen molar-refractivity contribution in [2.75, 3.05) is 6.26 Å². The van der Waals surface area contributed by atoms with Gasteiger partial charge in [-0.3, -0.25) is 0 Å². The van der Waals surface area contributed by atoms with Gasteiger partial charge in [-0.2, -0.15) is 11.8 Å². The molecule has 0 aliphatic rings. The Bertz CT molecular complexity index is 230. The molecule has 0 aromatic heterocycles. The van der Waals surface area contributed by atoms with Gasteiger partial charge in [0.1, 0.15) is 5.75 Å². The normalized spacial score (nSPS) is 12.8. The summed E-state index contributed by atoms with van der Waals surface area (Å²) in [6.07, 6.45) is 3.19. The van der Waals surface area contributed by atoms with E-state index in [1.54, 1.807) is 12.1 Å². The molecule has 2 heteroatoms. The summed E-state index contributed by atoms with van der Waals surface area (Å²) in [7, 11) is 0. The largest absolute Gasteiger partial charge is 0.508 e. The quantitative estimate of drug-likeness (QED) is 0.775. The minimum Gasteiger partial charge on any atom is -0.508 e. The van der Waals surface area contributed by atoms with E-state index >= 15 is 0 Å². The number of rotatable bonds is 3. The second-order valence-electron chi connectivity index (χ2n) is 2.92. The molecule has 1 aromatic carbocycles. The predicted molar refractivity (Wildman–Crippen MR) is 54.8 cm³/mol. The lowest BCUT2D eigenvalue weighted by Gasteiger charge is -2.07. The summed E-state index contributed by atoms with van der Waals surface area (Å²) >= 11 is 1.86. The lowest BCUT2D eigenvalue weighted by molar-refractivity contribution is 0.475. The Kier molecular flexibility index (Phi) is 3.48. The second kappa shape index (κ2) is 4.41. The van der Waals surface area contributed by atoms with E-state index in [1.807, 2.05) is 23.9 Å². The van der Waals surface area contributed by atoms with Crippen LogP contribution in [0.1, 0.15) is 12.5 Å². The molecule has 0 spiro atoms. The first kappa shape index (κ1) is 9.46. The second-order valence-corrected chi connectivity index (χ2v) is 4.19. The number of benzene rings is 1. The van der Waals surface area contributed by atoms with Gasteiger partial charge in [-0.25, -0.2) is 0 Å². The Hall–Kier alpha value is -0.630. The smallest absolute Gasteiger partial charge is 0.115 e. The van der Waals surface area contributed by atoms with Crippen molar-refractivity contribution in [1.29, 1.82) is 0 Å². The van der Waals surface area contributed by atoms with E-state index in [1.165, 1.54) is 5.56 Å². The maximum Gasteiger partial charge on any atom is 0.115 e. The van der Waals surface area contributed by atoms with Gasteiger partial charge in [0.2, 0.25) is 0 Å². The minimum atomic E-state index is 0.343. The predicted octanol–water partition coefficient (Wildman–Crippen LogP) is 2.69. The Morgan fingerprint density at radius 3 is 2.42 bits per heavy atom. The van der Waals surface area contributed by atoms with Gasteiger partial charge in [0.05, 0.1) is 0 Å². The van der Waals surface area contributed by atoms with E-state index in [2.05, 4.69) is 13.2 Å². The number of phenolic OH excluding ortho intramolecular Hbond substituents is 1. The van der Waals surface area contributed by atoms with Crippen LogP contribution in [0.2, 0.25) is 0 Å². The first-order valence-electron chi connectivity index (χ1n) is 4.03. The van der Waals surface area contributed by atoms with E-state index in [0.29, 0.717) is 11.0 Å². The Balaban J connectivity index is 2.58. The van der Waals surface area contributed by atoms with Crippen LogP contribution in [0.15, 0.2) is 24.3 Å². The number of phenols is 1. The van der Waals surface area contributed by atoms with Crippen molar-refractivity contribution < 1.29 is 5.11 Å². The highest BCUT2D eigenvalue weighted by molar-refractivity contribution is 7.99. The summed E-state index contributed by atoms with van der Waals surface area (Å²) in [5.74, 6) is 0.343. The third-order valence-electron chi connectivity index (χ3n) is 1.86. The van der Waals surface area contributed by atoms with Gasteiger partial charge in [-0.15, -0.1) is 0 Å². The average molecular weight is 182 g/mol. The van der Waals surface area contributed by atoms with Crippen LogP contribution >= 0.6 is 11.8 Å². The monoisotopic (exact) mass is 182 g/mol. The number of hydrogen-bond acceptors (Lipinski definition) is 2. The zero-order valence-corrected chi connectivity index (χ0v) is 8.27. The SMILES string of the molecule is CSC(C)Cc1ccc(O)cc1. The molecule has 66 valence electrons. The van der Waals surface area contributed by atoms with Crippen LogP contribution in [0.5, 0.6) is 5.75 Å². The average Bonchev–Trinajstić information content (AvgIpc) is 2.09. The molecule has 0 heterocycles. The first-order valence-corrected chi connectivity index (χ1v) is 5.32. The van der Waals surface area contributed by atoms with Crippen LogP contribution in [0.25, 0.3) is 0 Å². The molecule has 1 atom stereocenters. The molecular formula is C10H14OS. The maximum absolute atomic E-state index is 9.04. The van der Waals surface area contributed by atoms with Crippen molar-refractivity contribution in [2.24, 2.45) is 0 Å². The zero-order valence-electron chi connectivity index (χ0n) is 7.45. The standard InChI is InChI=1S/C10H14OS/c1-8(12-2)7-9-3-5-10(11)6-4-9/h3-6,8,11H,7H2,1-2H3. The Morgan fingerprint density at radius 1 is 1.33 bits per heavy atom. The van der Waals surface area contributed by atoms with Crippen molar-refractivity contribution in [2.45, 2.75) is 18.6 Å². The van der Waals surface area contributed by atoms with E-state index in [-0.39, 0.29) is 0 Å². The van der Waals surface area contributed by atoms with E-state index in [0.717, 1.165) is 6.42 Å². The Morgan fingerprint density at radius 2 is 1.92 bits per heavy atom. The van der Waals surface area contributed by atoms with Gasteiger partial charge in [-0.05, 0) is 30.4 Å². The van der Waals surface area contributed by atoms with Crippen LogP contribution in [0.3, 0.4) is 0 Å². The molecule has 0 aliphatic heterocycles. The molecule has 0 fully saturated rings. The van der Waals surface area contributed by atoms with Crippen molar-refractivity contribution in [1.82, 2.24) is 0 Å². The van der Waals surface area contributed by atoms with Gasteiger partial charge >= 0.3 is 0 Å². The van der Waals surface area contributed by atoms with E-state index < -0.39 is 0 Å². The highest BCUT2D eigenvalue weighted by Gasteiger charge is 2.00. The van der Waals surface area contributed by atoms with E-state index in [9.17, 15) is 0 Å². The van der Waals surface area contributed by atoms with Crippen molar-refractivity contribution in [3.63, 3.8) is 0 Å². The number of thioether (sulfide) groups is 1. The van der Waals surface area contributed by atoms with Gasteiger partial charge in [0.15, 0.2) is 0 Å². The molecule has 0 saturated heterocycles. The molecule has 0 radical (unpaired) electrons. The van der Waals surface area contributed by atoms with E-state index in [4.69, 9.17) is 5.11 Å². The molecule has 12 heavy (non-hydrogen) atoms. The van der Waals surface area contributed by atoms with Crippen molar-refractivity contribution in [3.8, 4) is 5.75 Å². The molecule has 1 nitrogen and oxygen atoms in total. The third kappa shape index (κ3) is 2.78. The summed E-state index contributed by atoms with van der Waals surface area (Å²) in [6.45, 7) is 2.21. The van der Waals surface area contributed by atoms with Crippen LogP contribution in [0.4, 0.5) is 0 Å². The zero-order chi connectivity index (χ0) is 8.97. The van der Waals surface area contributed by atoms with Gasteiger partial charge < -0.3 is 5.11 Å². The van der Waals surface area contributed by atoms with Gasteiger partial charge in [0.25, 0.3) is 0 Å². The summed E-state index contributed by atoms with van der Waals surface area (Å²) in [5.41, 5.74) is 1.29. The lowest BCUT2D eigenvalue weighted by Crippen LogP contribution is -1.99. The summed E-state index contributed by atoms with van der Waals surface area (Å²) in [4.78, 5) is 0. The number of hydrogen-bond donors (Lipinski definition) is 1. The molecule has 1 unspecified atom stereocenters. The van der Waals surface area contributed by atoms with Crippen LogP contribution < -0.4 is 0 Å². The number of aromatic hydroxyl groups is 1. The molecule has 0 aliphatic carbocycles. The topological polar surface area (TPSA) is 20.2 Å². The molecular weight excluding hydrogens is 168 g/mol. The molecule has 0 saturated carbocycles. The fourth-order valence-electron chi connectivity index (χ4n) is 1.05. The van der Waals surface area contributed by atoms with Crippen molar-refractivity contribution in [3.05, 3.63) is 29.8 Å². The molecule has 1 N–H and O–H groups in total. The first-order chi connectivity index (χ1) is 5.72.